The third kappa shape index (κ3) is 5.27. The SMILES string of the molecule is C/C(=N/O)c1cccc(NS(=O)(=O)NC(C)(C)C)c1. The summed E-state index contributed by atoms with van der Waals surface area (Å²) < 4.78 is 28.6. The van der Waals surface area contributed by atoms with E-state index in [1.165, 1.54) is 0 Å². The smallest absolute Gasteiger partial charge is 0.299 e. The molecule has 1 rings (SSSR count). The van der Waals surface area contributed by atoms with Gasteiger partial charge < -0.3 is 5.21 Å². The topological polar surface area (TPSA) is 90.8 Å². The molecule has 106 valence electrons. The van der Waals surface area contributed by atoms with E-state index in [-0.39, 0.29) is 0 Å². The fourth-order valence-electron chi connectivity index (χ4n) is 1.45. The highest BCUT2D eigenvalue weighted by Gasteiger charge is 2.19. The van der Waals surface area contributed by atoms with E-state index in [0.29, 0.717) is 17.0 Å². The first-order valence-corrected chi connectivity index (χ1v) is 7.22. The number of oxime groups is 1. The molecule has 0 atom stereocenters. The van der Waals surface area contributed by atoms with Crippen molar-refractivity contribution in [1.29, 1.82) is 0 Å². The van der Waals surface area contributed by atoms with Crippen LogP contribution in [-0.2, 0) is 10.2 Å². The maximum absolute atomic E-state index is 11.9. The quantitative estimate of drug-likeness (QED) is 0.448. The number of hydrogen-bond acceptors (Lipinski definition) is 4. The molecule has 0 bridgehead atoms. The molecule has 3 N–H and O–H groups in total. The Kier molecular flexibility index (Phi) is 4.54. The summed E-state index contributed by atoms with van der Waals surface area (Å²) in [6, 6.07) is 6.62. The lowest BCUT2D eigenvalue weighted by molar-refractivity contribution is 0.319. The van der Waals surface area contributed by atoms with E-state index in [2.05, 4.69) is 14.6 Å². The van der Waals surface area contributed by atoms with E-state index in [9.17, 15) is 8.42 Å². The molecule has 0 saturated carbocycles. The lowest BCUT2D eigenvalue weighted by Crippen LogP contribution is -2.43. The Labute approximate surface area is 113 Å². The molecule has 6 nitrogen and oxygen atoms in total. The second-order valence-corrected chi connectivity index (χ2v) is 6.64. The first kappa shape index (κ1) is 15.5. The van der Waals surface area contributed by atoms with Crippen LogP contribution < -0.4 is 9.44 Å². The molecule has 0 aliphatic carbocycles. The number of hydrogen-bond donors (Lipinski definition) is 3. The lowest BCUT2D eigenvalue weighted by Gasteiger charge is -2.21. The fraction of sp³-hybridized carbons (Fsp3) is 0.417. The van der Waals surface area contributed by atoms with Crippen molar-refractivity contribution in [3.8, 4) is 0 Å². The number of rotatable bonds is 4. The van der Waals surface area contributed by atoms with E-state index in [1.54, 1.807) is 52.0 Å². The van der Waals surface area contributed by atoms with Gasteiger partial charge in [-0.15, -0.1) is 0 Å². The van der Waals surface area contributed by atoms with Gasteiger partial charge in [0.05, 0.1) is 11.4 Å². The summed E-state index contributed by atoms with van der Waals surface area (Å²) >= 11 is 0. The Bertz CT molecular complexity index is 574. The first-order valence-electron chi connectivity index (χ1n) is 5.74. The van der Waals surface area contributed by atoms with Crippen molar-refractivity contribution in [2.45, 2.75) is 33.2 Å². The van der Waals surface area contributed by atoms with Crippen molar-refractivity contribution in [3.63, 3.8) is 0 Å². The maximum Gasteiger partial charge on any atom is 0.299 e. The average molecular weight is 285 g/mol. The van der Waals surface area contributed by atoms with Crippen LogP contribution in [0, 0.1) is 0 Å². The maximum atomic E-state index is 11.9. The molecule has 0 radical (unpaired) electrons. The monoisotopic (exact) mass is 285 g/mol. The second-order valence-electron chi connectivity index (χ2n) is 5.22. The van der Waals surface area contributed by atoms with Crippen LogP contribution in [0.15, 0.2) is 29.4 Å². The summed E-state index contributed by atoms with van der Waals surface area (Å²) in [5.74, 6) is 0. The molecule has 0 heterocycles. The Morgan fingerprint density at radius 3 is 2.47 bits per heavy atom. The third-order valence-corrected chi connectivity index (χ3v) is 3.51. The van der Waals surface area contributed by atoms with Crippen LogP contribution in [0.3, 0.4) is 0 Å². The molecule has 0 fully saturated rings. The van der Waals surface area contributed by atoms with Crippen molar-refractivity contribution in [2.24, 2.45) is 5.16 Å². The number of benzene rings is 1. The number of anilines is 1. The average Bonchev–Trinajstić information content (AvgIpc) is 2.24. The highest BCUT2D eigenvalue weighted by molar-refractivity contribution is 7.90. The van der Waals surface area contributed by atoms with Crippen molar-refractivity contribution in [1.82, 2.24) is 4.72 Å². The lowest BCUT2D eigenvalue weighted by atomic mass is 10.1. The van der Waals surface area contributed by atoms with E-state index < -0.39 is 15.7 Å². The summed E-state index contributed by atoms with van der Waals surface area (Å²) in [6.45, 7) is 6.89. The van der Waals surface area contributed by atoms with E-state index >= 15 is 0 Å². The molecule has 0 saturated heterocycles. The summed E-state index contributed by atoms with van der Waals surface area (Å²) in [6.07, 6.45) is 0. The molecule has 1 aromatic rings. The summed E-state index contributed by atoms with van der Waals surface area (Å²) in [5, 5.41) is 11.8. The minimum Gasteiger partial charge on any atom is -0.411 e. The second kappa shape index (κ2) is 5.58. The first-order chi connectivity index (χ1) is 8.63. The number of nitrogens with one attached hydrogen (secondary N) is 2. The molecular weight excluding hydrogens is 266 g/mol. The fourth-order valence-corrected chi connectivity index (χ4v) is 2.74. The van der Waals surface area contributed by atoms with E-state index in [4.69, 9.17) is 5.21 Å². The summed E-state index contributed by atoms with van der Waals surface area (Å²) in [4.78, 5) is 0. The molecule has 19 heavy (non-hydrogen) atoms. The van der Waals surface area contributed by atoms with Gasteiger partial charge in [0.2, 0.25) is 0 Å². The molecule has 0 aromatic heterocycles. The molecular formula is C12H19N3O3S. The molecule has 0 amide bonds. The van der Waals surface area contributed by atoms with E-state index in [1.807, 2.05) is 0 Å². The zero-order valence-corrected chi connectivity index (χ0v) is 12.2. The van der Waals surface area contributed by atoms with Gasteiger partial charge in [-0.25, -0.2) is 0 Å². The highest BCUT2D eigenvalue weighted by Crippen LogP contribution is 2.13. The highest BCUT2D eigenvalue weighted by atomic mass is 32.2. The van der Waals surface area contributed by atoms with Crippen LogP contribution in [0.2, 0.25) is 0 Å². The van der Waals surface area contributed by atoms with Crippen molar-refractivity contribution >= 4 is 21.6 Å². The van der Waals surface area contributed by atoms with Crippen molar-refractivity contribution in [2.75, 3.05) is 4.72 Å². The predicted octanol–water partition coefficient (Wildman–Crippen LogP) is 1.93. The predicted molar refractivity (Wildman–Crippen MR) is 75.9 cm³/mol. The van der Waals surface area contributed by atoms with Crippen LogP contribution in [-0.4, -0.2) is 24.9 Å². The normalized spacial score (nSPS) is 13.4. The molecule has 0 aliphatic heterocycles. The van der Waals surface area contributed by atoms with Gasteiger partial charge in [0.25, 0.3) is 10.2 Å². The van der Waals surface area contributed by atoms with Gasteiger partial charge in [-0.1, -0.05) is 17.3 Å². The van der Waals surface area contributed by atoms with Crippen LogP contribution in [0.1, 0.15) is 33.3 Å². The molecule has 0 aliphatic rings. The summed E-state index contributed by atoms with van der Waals surface area (Å²) in [5.41, 5.74) is 0.881. The zero-order valence-electron chi connectivity index (χ0n) is 11.4. The Hall–Kier alpha value is -1.60. The molecule has 7 heteroatoms. The van der Waals surface area contributed by atoms with Crippen LogP contribution >= 0.6 is 0 Å². The molecule has 0 unspecified atom stereocenters. The van der Waals surface area contributed by atoms with Crippen molar-refractivity contribution < 1.29 is 13.6 Å². The molecule has 1 aromatic carbocycles. The Morgan fingerprint density at radius 1 is 1.32 bits per heavy atom. The minimum absolute atomic E-state index is 0.400. The van der Waals surface area contributed by atoms with Gasteiger partial charge in [-0.3, -0.25) is 4.72 Å². The van der Waals surface area contributed by atoms with Gasteiger partial charge in [0.1, 0.15) is 0 Å². The third-order valence-electron chi connectivity index (χ3n) is 2.12. The number of nitrogens with zero attached hydrogens (tertiary/aromatic N) is 1. The van der Waals surface area contributed by atoms with Gasteiger partial charge in [0, 0.05) is 11.1 Å². The summed E-state index contributed by atoms with van der Waals surface area (Å²) in [7, 11) is -3.64. The van der Waals surface area contributed by atoms with E-state index in [0.717, 1.165) is 0 Å². The van der Waals surface area contributed by atoms with Gasteiger partial charge in [-0.05, 0) is 39.8 Å². The minimum atomic E-state index is -3.64. The molecule has 0 spiro atoms. The van der Waals surface area contributed by atoms with Crippen LogP contribution in [0.5, 0.6) is 0 Å². The van der Waals surface area contributed by atoms with Crippen LogP contribution in [0.25, 0.3) is 0 Å². The van der Waals surface area contributed by atoms with Gasteiger partial charge in [-0.2, -0.15) is 13.1 Å². The standard InChI is InChI=1S/C12H19N3O3S/c1-9(13-16)10-6-5-7-11(8-10)14-19(17,18)15-12(2,3)4/h5-8,14-16H,1-4H3/b13-9-. The van der Waals surface area contributed by atoms with Gasteiger partial charge in [0.15, 0.2) is 0 Å². The van der Waals surface area contributed by atoms with Crippen LogP contribution in [0.4, 0.5) is 5.69 Å². The van der Waals surface area contributed by atoms with Crippen molar-refractivity contribution in [3.05, 3.63) is 29.8 Å². The Balaban J connectivity index is 2.95. The van der Waals surface area contributed by atoms with Gasteiger partial charge >= 0.3 is 0 Å². The Morgan fingerprint density at radius 2 is 1.95 bits per heavy atom. The zero-order chi connectivity index (χ0) is 14.7. The largest absolute Gasteiger partial charge is 0.411 e.